The smallest absolute Gasteiger partial charge is 0.119 e. The highest BCUT2D eigenvalue weighted by Gasteiger charge is 1.98. The molecule has 2 rings (SSSR count). The van der Waals surface area contributed by atoms with Crippen molar-refractivity contribution < 1.29 is 19.7 Å². The van der Waals surface area contributed by atoms with Crippen molar-refractivity contribution in [2.45, 2.75) is 51.4 Å². The lowest BCUT2D eigenvalue weighted by Gasteiger charge is -2.06. The normalized spacial score (nSPS) is 11.1. The Bertz CT molecular complexity index is 641. The van der Waals surface area contributed by atoms with Crippen LogP contribution >= 0.6 is 0 Å². The first-order valence-electron chi connectivity index (χ1n) is 10.9. The number of aliphatic hydroxyl groups is 2. The summed E-state index contributed by atoms with van der Waals surface area (Å²) in [6.45, 7) is 1.90. The minimum Gasteiger partial charge on any atom is -0.494 e. The Kier molecular flexibility index (Phi) is 12.2. The van der Waals surface area contributed by atoms with Gasteiger partial charge in [0.15, 0.2) is 0 Å². The molecule has 2 aromatic carbocycles. The number of hydrogen-bond acceptors (Lipinski definition) is 6. The second-order valence-electron chi connectivity index (χ2n) is 7.16. The van der Waals surface area contributed by atoms with Gasteiger partial charge >= 0.3 is 0 Å². The fourth-order valence-electron chi connectivity index (χ4n) is 2.85. The Balaban J connectivity index is 1.68. The molecule has 0 aromatic heterocycles. The van der Waals surface area contributed by atoms with E-state index in [0.29, 0.717) is 13.2 Å². The van der Waals surface area contributed by atoms with E-state index in [1.807, 2.05) is 48.5 Å². The summed E-state index contributed by atoms with van der Waals surface area (Å²) in [5, 5.41) is 26.0. The van der Waals surface area contributed by atoms with E-state index in [1.54, 1.807) is 0 Å². The van der Waals surface area contributed by atoms with Crippen molar-refractivity contribution in [3.05, 3.63) is 48.5 Å². The van der Waals surface area contributed by atoms with E-state index in [4.69, 9.17) is 19.7 Å². The van der Waals surface area contributed by atoms with Crippen LogP contribution in [0.5, 0.6) is 11.5 Å². The van der Waals surface area contributed by atoms with Crippen LogP contribution in [0, 0.1) is 0 Å². The van der Waals surface area contributed by atoms with Crippen molar-refractivity contribution in [3.8, 4) is 11.5 Å². The first-order chi connectivity index (χ1) is 14.8. The maximum Gasteiger partial charge on any atom is 0.119 e. The van der Waals surface area contributed by atoms with Crippen LogP contribution in [0.2, 0.25) is 0 Å². The van der Waals surface area contributed by atoms with Gasteiger partial charge in [-0.1, -0.05) is 12.8 Å². The number of aliphatic hydroxyl groups excluding tert-OH is 2. The molecule has 0 heterocycles. The molecule has 0 aliphatic carbocycles. The molecule has 2 aromatic rings. The van der Waals surface area contributed by atoms with Gasteiger partial charge in [-0.3, -0.25) is 0 Å². The molecule has 0 bridgehead atoms. The lowest BCUT2D eigenvalue weighted by Crippen LogP contribution is -1.97. The number of nitrogens with zero attached hydrogens (tertiary/aromatic N) is 2. The molecule has 0 fully saturated rings. The summed E-state index contributed by atoms with van der Waals surface area (Å²) >= 11 is 0. The maximum absolute atomic E-state index is 8.76. The van der Waals surface area contributed by atoms with Gasteiger partial charge in [-0.15, -0.1) is 0 Å². The molecule has 0 spiro atoms. The summed E-state index contributed by atoms with van der Waals surface area (Å²) in [5.41, 5.74) is 1.54. The second kappa shape index (κ2) is 15.4. The fourth-order valence-corrected chi connectivity index (χ4v) is 2.85. The molecule has 6 nitrogen and oxygen atoms in total. The fraction of sp³-hybridized carbons (Fsp3) is 0.500. The van der Waals surface area contributed by atoms with E-state index in [2.05, 4.69) is 10.2 Å². The quantitative estimate of drug-likeness (QED) is 0.262. The van der Waals surface area contributed by atoms with Crippen molar-refractivity contribution in [1.82, 2.24) is 0 Å². The van der Waals surface area contributed by atoms with Crippen molar-refractivity contribution in [3.63, 3.8) is 0 Å². The highest BCUT2D eigenvalue weighted by Crippen LogP contribution is 2.23. The number of ether oxygens (including phenoxy) is 2. The zero-order valence-corrected chi connectivity index (χ0v) is 17.7. The molecule has 0 aliphatic heterocycles. The van der Waals surface area contributed by atoms with Gasteiger partial charge in [-0.05, 0) is 87.1 Å². The lowest BCUT2D eigenvalue weighted by atomic mass is 10.2. The highest BCUT2D eigenvalue weighted by atomic mass is 16.5. The summed E-state index contributed by atoms with van der Waals surface area (Å²) in [6.07, 6.45) is 7.93. The van der Waals surface area contributed by atoms with E-state index in [1.165, 1.54) is 0 Å². The largest absolute Gasteiger partial charge is 0.494 e. The zero-order chi connectivity index (χ0) is 21.3. The number of azo groups is 1. The van der Waals surface area contributed by atoms with Crippen molar-refractivity contribution in [1.29, 1.82) is 0 Å². The topological polar surface area (TPSA) is 83.6 Å². The molecular weight excluding hydrogens is 380 g/mol. The van der Waals surface area contributed by atoms with Crippen LogP contribution in [-0.4, -0.2) is 36.6 Å². The summed E-state index contributed by atoms with van der Waals surface area (Å²) in [4.78, 5) is 0. The Morgan fingerprint density at radius 1 is 0.500 bits per heavy atom. The third kappa shape index (κ3) is 10.4. The average Bonchev–Trinajstić information content (AvgIpc) is 2.79. The highest BCUT2D eigenvalue weighted by molar-refractivity contribution is 5.44. The van der Waals surface area contributed by atoms with Crippen LogP contribution < -0.4 is 9.47 Å². The van der Waals surface area contributed by atoms with Gasteiger partial charge in [0.05, 0.1) is 24.6 Å². The van der Waals surface area contributed by atoms with Crippen molar-refractivity contribution >= 4 is 11.4 Å². The van der Waals surface area contributed by atoms with E-state index in [9.17, 15) is 0 Å². The van der Waals surface area contributed by atoms with Gasteiger partial charge in [0.1, 0.15) is 11.5 Å². The van der Waals surface area contributed by atoms with Crippen molar-refractivity contribution in [2.75, 3.05) is 26.4 Å². The lowest BCUT2D eigenvalue weighted by molar-refractivity contribution is 0.273. The maximum atomic E-state index is 8.76. The predicted molar refractivity (Wildman–Crippen MR) is 119 cm³/mol. The van der Waals surface area contributed by atoms with Gasteiger partial charge in [-0.2, -0.15) is 10.2 Å². The standard InChI is InChI=1S/C24H34N2O4/c27-17-5-1-3-7-19-29-23-13-9-21(10-14-23)25-26-22-11-15-24(16-12-22)30-20-8-4-2-6-18-28/h9-16,27-28H,1-8,17-20H2. The van der Waals surface area contributed by atoms with Crippen LogP contribution in [0.4, 0.5) is 11.4 Å². The Hall–Kier alpha value is -2.44. The summed E-state index contributed by atoms with van der Waals surface area (Å²) in [6, 6.07) is 15.2. The Morgan fingerprint density at radius 3 is 1.23 bits per heavy atom. The molecule has 0 saturated carbocycles. The third-order valence-electron chi connectivity index (χ3n) is 4.60. The molecule has 2 N–H and O–H groups in total. The number of rotatable bonds is 16. The van der Waals surface area contributed by atoms with Gasteiger partial charge in [0, 0.05) is 13.2 Å². The molecule has 0 unspecified atom stereocenters. The van der Waals surface area contributed by atoms with Gasteiger partial charge in [0.2, 0.25) is 0 Å². The van der Waals surface area contributed by atoms with Gasteiger partial charge < -0.3 is 19.7 Å². The van der Waals surface area contributed by atoms with E-state index < -0.39 is 0 Å². The minimum atomic E-state index is 0.265. The summed E-state index contributed by atoms with van der Waals surface area (Å²) in [5.74, 6) is 1.66. The average molecular weight is 415 g/mol. The van der Waals surface area contributed by atoms with Crippen LogP contribution in [0.15, 0.2) is 58.8 Å². The molecule has 164 valence electrons. The van der Waals surface area contributed by atoms with Gasteiger partial charge in [-0.25, -0.2) is 0 Å². The van der Waals surface area contributed by atoms with E-state index in [0.717, 1.165) is 74.2 Å². The zero-order valence-electron chi connectivity index (χ0n) is 17.7. The number of benzene rings is 2. The van der Waals surface area contributed by atoms with Gasteiger partial charge in [0.25, 0.3) is 0 Å². The third-order valence-corrected chi connectivity index (χ3v) is 4.60. The first kappa shape index (κ1) is 23.8. The van der Waals surface area contributed by atoms with Crippen LogP contribution in [0.3, 0.4) is 0 Å². The summed E-state index contributed by atoms with van der Waals surface area (Å²) in [7, 11) is 0. The predicted octanol–water partition coefficient (Wildman–Crippen LogP) is 5.97. The first-order valence-corrected chi connectivity index (χ1v) is 10.9. The molecule has 0 radical (unpaired) electrons. The molecule has 0 aliphatic rings. The molecule has 0 atom stereocenters. The number of unbranched alkanes of at least 4 members (excludes halogenated alkanes) is 6. The van der Waals surface area contributed by atoms with Crippen molar-refractivity contribution in [2.24, 2.45) is 10.2 Å². The van der Waals surface area contributed by atoms with Crippen LogP contribution in [0.1, 0.15) is 51.4 Å². The van der Waals surface area contributed by atoms with E-state index >= 15 is 0 Å². The minimum absolute atomic E-state index is 0.265. The van der Waals surface area contributed by atoms with Crippen LogP contribution in [-0.2, 0) is 0 Å². The molecule has 6 heteroatoms. The van der Waals surface area contributed by atoms with Crippen LogP contribution in [0.25, 0.3) is 0 Å². The Labute approximate surface area is 179 Å². The van der Waals surface area contributed by atoms with E-state index in [-0.39, 0.29) is 13.2 Å². The number of hydrogen-bond donors (Lipinski definition) is 2. The summed E-state index contributed by atoms with van der Waals surface area (Å²) < 4.78 is 11.4. The SMILES string of the molecule is OCCCCCCOc1ccc(N=Nc2ccc(OCCCCCCO)cc2)cc1. The Morgan fingerprint density at radius 2 is 0.867 bits per heavy atom. The molecule has 30 heavy (non-hydrogen) atoms. The molecular formula is C24H34N2O4. The molecule has 0 saturated heterocycles. The molecule has 0 amide bonds. The second-order valence-corrected chi connectivity index (χ2v) is 7.16. The monoisotopic (exact) mass is 414 g/mol.